The van der Waals surface area contributed by atoms with Gasteiger partial charge in [0.15, 0.2) is 0 Å². The first kappa shape index (κ1) is 15.8. The van der Waals surface area contributed by atoms with Crippen molar-refractivity contribution in [1.82, 2.24) is 0 Å². The standard InChI is InChI=1S/C20H17FO/c1-4-5-20(22-3)19-14-18(21)13-12-17(19)11-10-16-8-6-15(2)7-9-16/h1,6-9,12-14,20H,5H2,2-3H3. The summed E-state index contributed by atoms with van der Waals surface area (Å²) in [4.78, 5) is 0. The predicted molar refractivity (Wildman–Crippen MR) is 86.8 cm³/mol. The molecule has 1 unspecified atom stereocenters. The largest absolute Gasteiger partial charge is 0.376 e. The lowest BCUT2D eigenvalue weighted by Gasteiger charge is -2.14. The topological polar surface area (TPSA) is 9.23 Å². The third-order valence-corrected chi connectivity index (χ3v) is 3.34. The number of ether oxygens (including phenoxy) is 1. The number of terminal acetylenes is 1. The van der Waals surface area contributed by atoms with Crippen molar-refractivity contribution in [3.63, 3.8) is 0 Å². The average molecular weight is 292 g/mol. The Balaban J connectivity index is 2.39. The van der Waals surface area contributed by atoms with Crippen LogP contribution in [0.4, 0.5) is 4.39 Å². The maximum Gasteiger partial charge on any atom is 0.123 e. The summed E-state index contributed by atoms with van der Waals surface area (Å²) >= 11 is 0. The first-order chi connectivity index (χ1) is 10.6. The number of benzene rings is 2. The van der Waals surface area contributed by atoms with Crippen molar-refractivity contribution in [3.05, 3.63) is 70.5 Å². The predicted octanol–water partition coefficient (Wildman–Crippen LogP) is 4.24. The number of rotatable bonds is 3. The molecule has 110 valence electrons. The average Bonchev–Trinajstić information content (AvgIpc) is 2.53. The number of hydrogen-bond acceptors (Lipinski definition) is 1. The summed E-state index contributed by atoms with van der Waals surface area (Å²) in [5.41, 5.74) is 3.50. The zero-order valence-corrected chi connectivity index (χ0v) is 12.7. The van der Waals surface area contributed by atoms with Crippen LogP contribution < -0.4 is 0 Å². The summed E-state index contributed by atoms with van der Waals surface area (Å²) in [5.74, 6) is 8.40. The molecular weight excluding hydrogens is 275 g/mol. The van der Waals surface area contributed by atoms with E-state index in [-0.39, 0.29) is 11.9 Å². The summed E-state index contributed by atoms with van der Waals surface area (Å²) in [6.45, 7) is 2.03. The summed E-state index contributed by atoms with van der Waals surface area (Å²) in [5, 5.41) is 0. The summed E-state index contributed by atoms with van der Waals surface area (Å²) < 4.78 is 18.9. The molecule has 0 saturated heterocycles. The van der Waals surface area contributed by atoms with Gasteiger partial charge in [0.25, 0.3) is 0 Å². The molecule has 0 amide bonds. The monoisotopic (exact) mass is 292 g/mol. The number of halogens is 1. The zero-order chi connectivity index (χ0) is 15.9. The minimum Gasteiger partial charge on any atom is -0.376 e. The Bertz CT molecular complexity index is 742. The molecule has 0 aromatic heterocycles. The molecule has 0 fully saturated rings. The molecular formula is C20H17FO. The van der Waals surface area contributed by atoms with Gasteiger partial charge in [0.05, 0.1) is 6.10 Å². The first-order valence-electron chi connectivity index (χ1n) is 6.98. The molecule has 2 rings (SSSR count). The molecule has 0 heterocycles. The van der Waals surface area contributed by atoms with Crippen molar-refractivity contribution in [2.75, 3.05) is 7.11 Å². The molecule has 2 aromatic carbocycles. The molecule has 2 aromatic rings. The lowest BCUT2D eigenvalue weighted by Crippen LogP contribution is -2.04. The van der Waals surface area contributed by atoms with Crippen LogP contribution in [0, 0.1) is 36.9 Å². The minimum absolute atomic E-state index is 0.324. The van der Waals surface area contributed by atoms with E-state index in [0.29, 0.717) is 12.0 Å². The van der Waals surface area contributed by atoms with Crippen LogP contribution in [0.1, 0.15) is 34.8 Å². The van der Waals surface area contributed by atoms with Crippen LogP contribution in [0.5, 0.6) is 0 Å². The number of hydrogen-bond donors (Lipinski definition) is 0. The van der Waals surface area contributed by atoms with E-state index >= 15 is 0 Å². The van der Waals surface area contributed by atoms with Crippen molar-refractivity contribution in [2.45, 2.75) is 19.4 Å². The maximum absolute atomic E-state index is 13.5. The third-order valence-electron chi connectivity index (χ3n) is 3.34. The van der Waals surface area contributed by atoms with E-state index < -0.39 is 0 Å². The van der Waals surface area contributed by atoms with Crippen molar-refractivity contribution >= 4 is 0 Å². The van der Waals surface area contributed by atoms with E-state index in [1.807, 2.05) is 31.2 Å². The zero-order valence-electron chi connectivity index (χ0n) is 12.7. The Hall–Kier alpha value is -2.55. The van der Waals surface area contributed by atoms with Crippen molar-refractivity contribution in [1.29, 1.82) is 0 Å². The SMILES string of the molecule is C#CCC(OC)c1cc(F)ccc1C#Cc1ccc(C)cc1. The molecule has 22 heavy (non-hydrogen) atoms. The quantitative estimate of drug-likeness (QED) is 0.769. The Morgan fingerprint density at radius 1 is 1.14 bits per heavy atom. The lowest BCUT2D eigenvalue weighted by atomic mass is 10.00. The minimum atomic E-state index is -0.358. The van der Waals surface area contributed by atoms with E-state index in [1.165, 1.54) is 17.7 Å². The summed E-state index contributed by atoms with van der Waals surface area (Å²) in [6, 6.07) is 12.4. The van der Waals surface area contributed by atoms with E-state index in [9.17, 15) is 4.39 Å². The second kappa shape index (κ2) is 7.46. The van der Waals surface area contributed by atoms with Crippen LogP contribution in [0.15, 0.2) is 42.5 Å². The summed E-state index contributed by atoms with van der Waals surface area (Å²) in [7, 11) is 1.56. The van der Waals surface area contributed by atoms with E-state index in [4.69, 9.17) is 11.2 Å². The molecule has 0 saturated carbocycles. The molecule has 0 N–H and O–H groups in total. The molecule has 1 nitrogen and oxygen atoms in total. The van der Waals surface area contributed by atoms with Crippen LogP contribution in [0.2, 0.25) is 0 Å². The Morgan fingerprint density at radius 3 is 2.50 bits per heavy atom. The highest BCUT2D eigenvalue weighted by Gasteiger charge is 2.14. The molecule has 0 spiro atoms. The van der Waals surface area contributed by atoms with Crippen LogP contribution >= 0.6 is 0 Å². The third kappa shape index (κ3) is 3.98. The van der Waals surface area contributed by atoms with Crippen molar-refractivity contribution < 1.29 is 9.13 Å². The van der Waals surface area contributed by atoms with Crippen molar-refractivity contribution in [3.8, 4) is 24.2 Å². The molecule has 2 heteroatoms. The van der Waals surface area contributed by atoms with Crippen LogP contribution in [0.3, 0.4) is 0 Å². The lowest BCUT2D eigenvalue weighted by molar-refractivity contribution is 0.107. The molecule has 0 aliphatic heterocycles. The van der Waals surface area contributed by atoms with Crippen LogP contribution in [-0.2, 0) is 4.74 Å². The van der Waals surface area contributed by atoms with Gasteiger partial charge < -0.3 is 4.74 Å². The first-order valence-corrected chi connectivity index (χ1v) is 6.98. The van der Waals surface area contributed by atoms with Gasteiger partial charge >= 0.3 is 0 Å². The van der Waals surface area contributed by atoms with Crippen molar-refractivity contribution in [2.24, 2.45) is 0 Å². The molecule has 0 aliphatic carbocycles. The Morgan fingerprint density at radius 2 is 1.86 bits per heavy atom. The highest BCUT2D eigenvalue weighted by atomic mass is 19.1. The highest BCUT2D eigenvalue weighted by molar-refractivity contribution is 5.48. The van der Waals surface area contributed by atoms with Gasteiger partial charge in [-0.05, 0) is 37.3 Å². The molecule has 0 radical (unpaired) electrons. The van der Waals surface area contributed by atoms with Gasteiger partial charge in [0.1, 0.15) is 5.82 Å². The molecule has 0 aliphatic rings. The highest BCUT2D eigenvalue weighted by Crippen LogP contribution is 2.24. The van der Waals surface area contributed by atoms with Gasteiger partial charge in [-0.2, -0.15) is 0 Å². The van der Waals surface area contributed by atoms with E-state index in [0.717, 1.165) is 11.1 Å². The van der Waals surface area contributed by atoms with Gasteiger partial charge in [-0.25, -0.2) is 4.39 Å². The smallest absolute Gasteiger partial charge is 0.123 e. The summed E-state index contributed by atoms with van der Waals surface area (Å²) in [6.07, 6.45) is 5.37. The second-order valence-corrected chi connectivity index (χ2v) is 4.98. The van der Waals surface area contributed by atoms with Crippen LogP contribution in [-0.4, -0.2) is 7.11 Å². The van der Waals surface area contributed by atoms with Gasteiger partial charge in [-0.1, -0.05) is 29.5 Å². The van der Waals surface area contributed by atoms with Gasteiger partial charge in [0.2, 0.25) is 0 Å². The normalized spacial score (nSPS) is 11.2. The number of methoxy groups -OCH3 is 1. The fourth-order valence-corrected chi connectivity index (χ4v) is 2.12. The Labute approximate surface area is 131 Å². The Kier molecular flexibility index (Phi) is 5.37. The van der Waals surface area contributed by atoms with Gasteiger partial charge in [0, 0.05) is 30.2 Å². The van der Waals surface area contributed by atoms with E-state index in [2.05, 4.69) is 17.8 Å². The molecule has 0 bridgehead atoms. The van der Waals surface area contributed by atoms with E-state index in [1.54, 1.807) is 13.2 Å². The second-order valence-electron chi connectivity index (χ2n) is 4.98. The van der Waals surface area contributed by atoms with Gasteiger partial charge in [-0.3, -0.25) is 0 Å². The fraction of sp³-hybridized carbons (Fsp3) is 0.200. The maximum atomic E-state index is 13.5. The van der Waals surface area contributed by atoms with Gasteiger partial charge in [-0.15, -0.1) is 12.3 Å². The van der Waals surface area contributed by atoms with Crippen LogP contribution in [0.25, 0.3) is 0 Å². The fourth-order valence-electron chi connectivity index (χ4n) is 2.12. The molecule has 1 atom stereocenters. The number of aryl methyl sites for hydroxylation is 1.